The maximum absolute atomic E-state index is 5.95. The zero-order chi connectivity index (χ0) is 12.8. The molecule has 2 rings (SSSR count). The third-order valence-corrected chi connectivity index (χ3v) is 3.79. The average molecular weight is 383 g/mol. The van der Waals surface area contributed by atoms with Gasteiger partial charge in [0.2, 0.25) is 0 Å². The molecule has 0 saturated carbocycles. The van der Waals surface area contributed by atoms with Crippen molar-refractivity contribution in [2.24, 2.45) is 10.7 Å². The number of halogens is 1. The third-order valence-electron chi connectivity index (χ3n) is 3.79. The molecule has 2 fully saturated rings. The van der Waals surface area contributed by atoms with E-state index in [1.165, 1.54) is 12.8 Å². The molecule has 6 heteroatoms. The van der Waals surface area contributed by atoms with Crippen LogP contribution >= 0.6 is 24.0 Å². The van der Waals surface area contributed by atoms with Crippen LogP contribution in [0.1, 0.15) is 32.1 Å². The summed E-state index contributed by atoms with van der Waals surface area (Å²) < 4.78 is 11.6. The predicted molar refractivity (Wildman–Crippen MR) is 87.1 cm³/mol. The Balaban J connectivity index is 0.00000180. The summed E-state index contributed by atoms with van der Waals surface area (Å²) in [7, 11) is 1.73. The molecule has 2 N–H and O–H groups in total. The van der Waals surface area contributed by atoms with Crippen molar-refractivity contribution in [3.63, 3.8) is 0 Å². The minimum atomic E-state index is 0. The molecule has 0 bridgehead atoms. The molecule has 0 aliphatic carbocycles. The van der Waals surface area contributed by atoms with Crippen LogP contribution in [0, 0.1) is 0 Å². The highest BCUT2D eigenvalue weighted by Gasteiger charge is 2.22. The van der Waals surface area contributed by atoms with Gasteiger partial charge in [0.15, 0.2) is 5.96 Å². The minimum absolute atomic E-state index is 0. The smallest absolute Gasteiger partial charge is 0.190 e. The monoisotopic (exact) mass is 383 g/mol. The molecule has 0 aromatic rings. The van der Waals surface area contributed by atoms with Gasteiger partial charge in [-0.1, -0.05) is 0 Å². The van der Waals surface area contributed by atoms with Crippen molar-refractivity contribution < 1.29 is 9.47 Å². The van der Waals surface area contributed by atoms with Crippen LogP contribution in [-0.4, -0.2) is 56.4 Å². The van der Waals surface area contributed by atoms with E-state index in [9.17, 15) is 0 Å². The van der Waals surface area contributed by atoms with Crippen molar-refractivity contribution >= 4 is 29.9 Å². The topological polar surface area (TPSA) is 60.1 Å². The molecular formula is C13H26IN3O2. The molecule has 2 aliphatic rings. The Kier molecular flexibility index (Phi) is 8.01. The van der Waals surface area contributed by atoms with Crippen LogP contribution in [0.4, 0.5) is 0 Å². The molecule has 1 atom stereocenters. The fourth-order valence-electron chi connectivity index (χ4n) is 2.58. The van der Waals surface area contributed by atoms with E-state index in [0.717, 1.165) is 45.6 Å². The van der Waals surface area contributed by atoms with E-state index in [1.807, 2.05) is 0 Å². The van der Waals surface area contributed by atoms with Gasteiger partial charge in [-0.15, -0.1) is 24.0 Å². The molecule has 1 unspecified atom stereocenters. The predicted octanol–water partition coefficient (Wildman–Crippen LogP) is 1.60. The highest BCUT2D eigenvalue weighted by atomic mass is 127. The van der Waals surface area contributed by atoms with Crippen LogP contribution < -0.4 is 5.73 Å². The van der Waals surface area contributed by atoms with E-state index >= 15 is 0 Å². The number of likely N-dealkylation sites (tertiary alicyclic amines) is 1. The van der Waals surface area contributed by atoms with E-state index in [4.69, 9.17) is 15.2 Å². The Bertz CT molecular complexity index is 275. The van der Waals surface area contributed by atoms with Crippen LogP contribution in [0.5, 0.6) is 0 Å². The molecule has 2 aliphatic heterocycles. The molecule has 2 heterocycles. The van der Waals surface area contributed by atoms with Crippen molar-refractivity contribution in [3.05, 3.63) is 0 Å². The number of rotatable bonds is 3. The van der Waals surface area contributed by atoms with Gasteiger partial charge in [-0.25, -0.2) is 0 Å². The lowest BCUT2D eigenvalue weighted by Crippen LogP contribution is -2.45. The fourth-order valence-corrected chi connectivity index (χ4v) is 2.58. The number of hydrogen-bond acceptors (Lipinski definition) is 3. The van der Waals surface area contributed by atoms with Crippen molar-refractivity contribution in [2.75, 3.05) is 33.4 Å². The van der Waals surface area contributed by atoms with Gasteiger partial charge >= 0.3 is 0 Å². The summed E-state index contributed by atoms with van der Waals surface area (Å²) in [5, 5.41) is 0. The fraction of sp³-hybridized carbons (Fsp3) is 0.923. The van der Waals surface area contributed by atoms with Crippen LogP contribution in [0.15, 0.2) is 4.99 Å². The van der Waals surface area contributed by atoms with E-state index in [0.29, 0.717) is 18.2 Å². The highest BCUT2D eigenvalue weighted by Crippen LogP contribution is 2.17. The lowest BCUT2D eigenvalue weighted by molar-refractivity contribution is -0.0720. The van der Waals surface area contributed by atoms with Crippen LogP contribution in [0.2, 0.25) is 0 Å². The van der Waals surface area contributed by atoms with Crippen LogP contribution in [0.3, 0.4) is 0 Å². The maximum atomic E-state index is 5.95. The second-order valence-electron chi connectivity index (χ2n) is 5.09. The second kappa shape index (κ2) is 8.97. The number of hydrogen-bond donors (Lipinski definition) is 1. The standard InChI is InChI=1S/C13H25N3O2.HI/c1-15-13(14)16-7-5-11(6-8-16)18-10-12-4-2-3-9-17-12;/h11-12H,2-10H2,1H3,(H2,14,15);1H. The summed E-state index contributed by atoms with van der Waals surface area (Å²) in [6.07, 6.45) is 6.36. The van der Waals surface area contributed by atoms with Gasteiger partial charge in [-0.3, -0.25) is 4.99 Å². The number of aliphatic imine (C=N–C) groups is 1. The lowest BCUT2D eigenvalue weighted by Gasteiger charge is -2.33. The summed E-state index contributed by atoms with van der Waals surface area (Å²) in [6.45, 7) is 3.54. The molecule has 0 aromatic carbocycles. The number of ether oxygens (including phenoxy) is 2. The Hall–Kier alpha value is -0.0800. The van der Waals surface area contributed by atoms with E-state index in [2.05, 4.69) is 9.89 Å². The summed E-state index contributed by atoms with van der Waals surface area (Å²) >= 11 is 0. The minimum Gasteiger partial charge on any atom is -0.376 e. The molecule has 2 saturated heterocycles. The van der Waals surface area contributed by atoms with E-state index in [1.54, 1.807) is 7.05 Å². The van der Waals surface area contributed by atoms with Crippen molar-refractivity contribution in [2.45, 2.75) is 44.3 Å². The molecular weight excluding hydrogens is 357 g/mol. The molecule has 0 spiro atoms. The zero-order valence-electron chi connectivity index (χ0n) is 11.7. The summed E-state index contributed by atoms with van der Waals surface area (Å²) in [5.41, 5.74) is 5.80. The van der Waals surface area contributed by atoms with Crippen molar-refractivity contribution in [3.8, 4) is 0 Å². The first-order chi connectivity index (χ1) is 8.79. The van der Waals surface area contributed by atoms with Crippen molar-refractivity contribution in [1.82, 2.24) is 4.90 Å². The van der Waals surface area contributed by atoms with Crippen LogP contribution in [-0.2, 0) is 9.47 Å². The molecule has 19 heavy (non-hydrogen) atoms. The maximum Gasteiger partial charge on any atom is 0.190 e. The molecule has 0 aromatic heterocycles. The molecule has 0 radical (unpaired) electrons. The quantitative estimate of drug-likeness (QED) is 0.457. The Labute approximate surface area is 132 Å². The van der Waals surface area contributed by atoms with Gasteiger partial charge in [0.25, 0.3) is 0 Å². The SMILES string of the molecule is CN=C(N)N1CCC(OCC2CCCCO2)CC1.I. The number of nitrogens with zero attached hydrogens (tertiary/aromatic N) is 2. The van der Waals surface area contributed by atoms with Crippen molar-refractivity contribution in [1.29, 1.82) is 0 Å². The number of guanidine groups is 1. The number of piperidine rings is 1. The molecule has 0 amide bonds. The Morgan fingerprint density at radius 1 is 1.32 bits per heavy atom. The first-order valence-electron chi connectivity index (χ1n) is 7.00. The van der Waals surface area contributed by atoms with Gasteiger partial charge in [0.1, 0.15) is 0 Å². The van der Waals surface area contributed by atoms with Gasteiger partial charge in [0, 0.05) is 26.7 Å². The normalized spacial score (nSPS) is 26.1. The Morgan fingerprint density at radius 3 is 2.63 bits per heavy atom. The largest absolute Gasteiger partial charge is 0.376 e. The zero-order valence-corrected chi connectivity index (χ0v) is 14.0. The summed E-state index contributed by atoms with van der Waals surface area (Å²) in [6, 6.07) is 0. The van der Waals surface area contributed by atoms with Gasteiger partial charge in [0.05, 0.1) is 18.8 Å². The first kappa shape index (κ1) is 17.0. The highest BCUT2D eigenvalue weighted by molar-refractivity contribution is 14.0. The van der Waals surface area contributed by atoms with E-state index < -0.39 is 0 Å². The van der Waals surface area contributed by atoms with Crippen LogP contribution in [0.25, 0.3) is 0 Å². The third kappa shape index (κ3) is 5.43. The number of nitrogens with two attached hydrogens (primary N) is 1. The van der Waals surface area contributed by atoms with Gasteiger partial charge < -0.3 is 20.1 Å². The summed E-state index contributed by atoms with van der Waals surface area (Å²) in [5.74, 6) is 0.643. The van der Waals surface area contributed by atoms with Gasteiger partial charge in [-0.2, -0.15) is 0 Å². The average Bonchev–Trinajstić information content (AvgIpc) is 2.46. The molecule has 5 nitrogen and oxygen atoms in total. The van der Waals surface area contributed by atoms with Gasteiger partial charge in [-0.05, 0) is 32.1 Å². The van der Waals surface area contributed by atoms with E-state index in [-0.39, 0.29) is 24.0 Å². The molecule has 112 valence electrons. The lowest BCUT2D eigenvalue weighted by atomic mass is 10.1. The first-order valence-corrected chi connectivity index (χ1v) is 7.00. The second-order valence-corrected chi connectivity index (χ2v) is 5.09. The summed E-state index contributed by atoms with van der Waals surface area (Å²) in [4.78, 5) is 6.14. The Morgan fingerprint density at radius 2 is 2.05 bits per heavy atom.